The zero-order valence-electron chi connectivity index (χ0n) is 15.0. The summed E-state index contributed by atoms with van der Waals surface area (Å²) in [5.74, 6) is 0.955. The monoisotopic (exact) mass is 368 g/mol. The van der Waals surface area contributed by atoms with E-state index in [4.69, 9.17) is 4.74 Å². The Hall–Kier alpha value is -1.60. The summed E-state index contributed by atoms with van der Waals surface area (Å²) in [6.07, 6.45) is 3.22. The maximum absolute atomic E-state index is 12.2. The normalized spacial score (nSPS) is 16.6. The molecule has 1 N–H and O–H groups in total. The van der Waals surface area contributed by atoms with E-state index < -0.39 is 10.0 Å². The van der Waals surface area contributed by atoms with Crippen LogP contribution in [-0.2, 0) is 21.2 Å². The van der Waals surface area contributed by atoms with Crippen LogP contribution >= 0.6 is 0 Å². The Balaban J connectivity index is 1.78. The van der Waals surface area contributed by atoms with Crippen LogP contribution < -0.4 is 10.1 Å². The lowest BCUT2D eigenvalue weighted by molar-refractivity contribution is -0.121. The summed E-state index contributed by atoms with van der Waals surface area (Å²) in [5, 5.41) is 3.02. The second-order valence-corrected chi connectivity index (χ2v) is 8.52. The van der Waals surface area contributed by atoms with Crippen LogP contribution in [0.25, 0.3) is 0 Å². The molecule has 0 aromatic heterocycles. The molecule has 0 spiro atoms. The highest BCUT2D eigenvalue weighted by molar-refractivity contribution is 7.89. The molecule has 0 bridgehead atoms. The Labute approximate surface area is 150 Å². The molecule has 1 saturated heterocycles. The van der Waals surface area contributed by atoms with Crippen LogP contribution in [0.3, 0.4) is 0 Å². The van der Waals surface area contributed by atoms with Crippen molar-refractivity contribution in [2.24, 2.45) is 0 Å². The van der Waals surface area contributed by atoms with E-state index in [0.29, 0.717) is 38.8 Å². The van der Waals surface area contributed by atoms with Gasteiger partial charge in [0.2, 0.25) is 15.9 Å². The predicted octanol–water partition coefficient (Wildman–Crippen LogP) is 1.95. The Bertz CT molecular complexity index is 650. The maximum Gasteiger partial charge on any atom is 0.224 e. The summed E-state index contributed by atoms with van der Waals surface area (Å²) in [6.45, 7) is 2.96. The maximum atomic E-state index is 12.2. The SMILES string of the molecule is CCCCS(=O)(=O)N1CCC(NC(=O)Cc2ccc(OC)cc2)CC1. The number of hydrogen-bond acceptors (Lipinski definition) is 4. The lowest BCUT2D eigenvalue weighted by Crippen LogP contribution is -2.47. The second-order valence-electron chi connectivity index (χ2n) is 6.44. The number of benzene rings is 1. The number of nitrogens with one attached hydrogen (secondary N) is 1. The quantitative estimate of drug-likeness (QED) is 0.761. The van der Waals surface area contributed by atoms with Crippen molar-refractivity contribution < 1.29 is 17.9 Å². The van der Waals surface area contributed by atoms with Gasteiger partial charge in [-0.25, -0.2) is 12.7 Å². The summed E-state index contributed by atoms with van der Waals surface area (Å²) >= 11 is 0. The lowest BCUT2D eigenvalue weighted by atomic mass is 10.1. The summed E-state index contributed by atoms with van der Waals surface area (Å²) in [6, 6.07) is 7.47. The minimum absolute atomic E-state index is 0.0301. The number of rotatable bonds is 8. The number of hydrogen-bond donors (Lipinski definition) is 1. The van der Waals surface area contributed by atoms with Gasteiger partial charge in [-0.2, -0.15) is 0 Å². The van der Waals surface area contributed by atoms with Crippen LogP contribution in [0.4, 0.5) is 0 Å². The van der Waals surface area contributed by atoms with E-state index in [1.807, 2.05) is 31.2 Å². The fraction of sp³-hybridized carbons (Fsp3) is 0.611. The minimum Gasteiger partial charge on any atom is -0.497 e. The summed E-state index contributed by atoms with van der Waals surface area (Å²) < 4.78 is 31.1. The van der Waals surface area contributed by atoms with Gasteiger partial charge in [0.1, 0.15) is 5.75 Å². The van der Waals surface area contributed by atoms with Crippen LogP contribution in [0.5, 0.6) is 5.75 Å². The smallest absolute Gasteiger partial charge is 0.224 e. The molecule has 140 valence electrons. The average molecular weight is 368 g/mol. The zero-order valence-corrected chi connectivity index (χ0v) is 15.8. The fourth-order valence-corrected chi connectivity index (χ4v) is 4.62. The molecule has 1 aromatic carbocycles. The Morgan fingerprint density at radius 3 is 2.44 bits per heavy atom. The van der Waals surface area contributed by atoms with Gasteiger partial charge in [0, 0.05) is 19.1 Å². The second kappa shape index (κ2) is 9.20. The van der Waals surface area contributed by atoms with E-state index in [0.717, 1.165) is 17.7 Å². The summed E-state index contributed by atoms with van der Waals surface area (Å²) in [4.78, 5) is 12.2. The first kappa shape index (κ1) is 19.7. The van der Waals surface area contributed by atoms with Gasteiger partial charge >= 0.3 is 0 Å². The molecule has 1 heterocycles. The van der Waals surface area contributed by atoms with Crippen LogP contribution in [0.15, 0.2) is 24.3 Å². The molecule has 1 fully saturated rings. The van der Waals surface area contributed by atoms with Crippen molar-refractivity contribution in [2.45, 2.75) is 45.1 Å². The van der Waals surface area contributed by atoms with Crippen molar-refractivity contribution >= 4 is 15.9 Å². The molecule has 0 aliphatic carbocycles. The Morgan fingerprint density at radius 2 is 1.88 bits per heavy atom. The molecule has 1 aliphatic rings. The molecule has 2 rings (SSSR count). The van der Waals surface area contributed by atoms with Crippen LogP contribution in [0.2, 0.25) is 0 Å². The molecule has 1 aliphatic heterocycles. The molecule has 0 unspecified atom stereocenters. The standard InChI is InChI=1S/C18H28N2O4S/c1-3-4-13-25(22,23)20-11-9-16(10-12-20)19-18(21)14-15-5-7-17(24-2)8-6-15/h5-8,16H,3-4,9-14H2,1-2H3,(H,19,21). The van der Waals surface area contributed by atoms with Crippen molar-refractivity contribution in [3.63, 3.8) is 0 Å². The topological polar surface area (TPSA) is 75.7 Å². The number of piperidine rings is 1. The van der Waals surface area contributed by atoms with E-state index in [1.54, 1.807) is 11.4 Å². The zero-order chi connectivity index (χ0) is 18.3. The average Bonchev–Trinajstić information content (AvgIpc) is 2.61. The van der Waals surface area contributed by atoms with Crippen molar-refractivity contribution in [1.82, 2.24) is 9.62 Å². The number of amides is 1. The first-order valence-electron chi connectivity index (χ1n) is 8.84. The van der Waals surface area contributed by atoms with E-state index in [2.05, 4.69) is 5.32 Å². The number of carbonyl (C=O) groups excluding carboxylic acids is 1. The van der Waals surface area contributed by atoms with Crippen molar-refractivity contribution in [3.05, 3.63) is 29.8 Å². The van der Waals surface area contributed by atoms with Gasteiger partial charge in [-0.15, -0.1) is 0 Å². The number of carbonyl (C=O) groups is 1. The van der Waals surface area contributed by atoms with Gasteiger partial charge in [0.25, 0.3) is 0 Å². The van der Waals surface area contributed by atoms with Crippen LogP contribution in [0.1, 0.15) is 38.2 Å². The van der Waals surface area contributed by atoms with Gasteiger partial charge in [-0.05, 0) is 37.0 Å². The van der Waals surface area contributed by atoms with Crippen LogP contribution in [0, 0.1) is 0 Å². The number of unbranched alkanes of at least 4 members (excludes halogenated alkanes) is 1. The summed E-state index contributed by atoms with van der Waals surface area (Å²) in [5.41, 5.74) is 0.929. The van der Waals surface area contributed by atoms with Gasteiger partial charge in [-0.3, -0.25) is 4.79 Å². The van der Waals surface area contributed by atoms with E-state index in [9.17, 15) is 13.2 Å². The van der Waals surface area contributed by atoms with E-state index in [-0.39, 0.29) is 17.7 Å². The van der Waals surface area contributed by atoms with Crippen molar-refractivity contribution in [1.29, 1.82) is 0 Å². The number of sulfonamides is 1. The van der Waals surface area contributed by atoms with Gasteiger partial charge in [0.15, 0.2) is 0 Å². The highest BCUT2D eigenvalue weighted by atomic mass is 32.2. The van der Waals surface area contributed by atoms with E-state index >= 15 is 0 Å². The highest BCUT2D eigenvalue weighted by Gasteiger charge is 2.28. The number of ether oxygens (including phenoxy) is 1. The lowest BCUT2D eigenvalue weighted by Gasteiger charge is -2.31. The first-order valence-corrected chi connectivity index (χ1v) is 10.5. The molecular formula is C18H28N2O4S. The third-order valence-electron chi connectivity index (χ3n) is 4.49. The molecule has 0 radical (unpaired) electrons. The van der Waals surface area contributed by atoms with Crippen molar-refractivity contribution in [2.75, 3.05) is 26.0 Å². The minimum atomic E-state index is -3.14. The largest absolute Gasteiger partial charge is 0.497 e. The van der Waals surface area contributed by atoms with E-state index in [1.165, 1.54) is 0 Å². The molecule has 1 amide bonds. The van der Waals surface area contributed by atoms with Gasteiger partial charge in [0.05, 0.1) is 19.3 Å². The molecule has 7 heteroatoms. The number of nitrogens with zero attached hydrogens (tertiary/aromatic N) is 1. The fourth-order valence-electron chi connectivity index (χ4n) is 2.94. The van der Waals surface area contributed by atoms with Gasteiger partial charge < -0.3 is 10.1 Å². The molecule has 25 heavy (non-hydrogen) atoms. The summed E-state index contributed by atoms with van der Waals surface area (Å²) in [7, 11) is -1.54. The molecule has 1 aromatic rings. The first-order chi connectivity index (χ1) is 11.9. The third kappa shape index (κ3) is 6.01. The molecule has 0 atom stereocenters. The Morgan fingerprint density at radius 1 is 1.24 bits per heavy atom. The third-order valence-corrected chi connectivity index (χ3v) is 6.45. The van der Waals surface area contributed by atoms with Crippen molar-refractivity contribution in [3.8, 4) is 5.75 Å². The predicted molar refractivity (Wildman–Crippen MR) is 98.1 cm³/mol. The molecule has 0 saturated carbocycles. The van der Waals surface area contributed by atoms with Crippen LogP contribution in [-0.4, -0.2) is 50.6 Å². The highest BCUT2D eigenvalue weighted by Crippen LogP contribution is 2.16. The molecular weight excluding hydrogens is 340 g/mol. The molecule has 6 nitrogen and oxygen atoms in total. The van der Waals surface area contributed by atoms with Gasteiger partial charge in [-0.1, -0.05) is 25.5 Å². The number of methoxy groups -OCH3 is 1. The Kier molecular flexibility index (Phi) is 7.25.